The monoisotopic (exact) mass is 632 g/mol. The van der Waals surface area contributed by atoms with Gasteiger partial charge in [0.15, 0.2) is 6.23 Å². The number of ether oxygens (including phenoxy) is 1. The molecular weight excluding hydrogens is 585 g/mol. The van der Waals surface area contributed by atoms with Gasteiger partial charge in [0.1, 0.15) is 11.2 Å². The molecule has 8 nitrogen and oxygen atoms in total. The summed E-state index contributed by atoms with van der Waals surface area (Å²) in [7, 11) is 0. The predicted octanol–water partition coefficient (Wildman–Crippen LogP) is 7.11. The Morgan fingerprint density at radius 2 is 1.51 bits per heavy atom. The second-order valence-corrected chi connectivity index (χ2v) is 11.4. The Bertz CT molecular complexity index is 1280. The summed E-state index contributed by atoms with van der Waals surface area (Å²) in [4.78, 5) is 45.3. The molecule has 0 spiro atoms. The minimum Gasteiger partial charge on any atom is -0.469 e. The molecule has 45 heavy (non-hydrogen) atoms. The normalized spacial score (nSPS) is 16.7. The minimum absolute atomic E-state index is 0.0854. The summed E-state index contributed by atoms with van der Waals surface area (Å²) < 4.78 is 45.5. The van der Waals surface area contributed by atoms with Gasteiger partial charge in [0.05, 0.1) is 11.6 Å². The van der Waals surface area contributed by atoms with Gasteiger partial charge in [0, 0.05) is 25.2 Å². The molecule has 11 heteroatoms. The number of hydrogen-bond acceptors (Lipinski definition) is 5. The Morgan fingerprint density at radius 1 is 0.911 bits per heavy atom. The molecule has 0 radical (unpaired) electrons. The molecule has 0 aliphatic carbocycles. The molecule has 2 unspecified atom stereocenters. The first-order valence-corrected chi connectivity index (χ1v) is 16.0. The van der Waals surface area contributed by atoms with Crippen LogP contribution in [0.25, 0.3) is 0 Å². The van der Waals surface area contributed by atoms with Gasteiger partial charge in [-0.05, 0) is 81.2 Å². The van der Waals surface area contributed by atoms with Crippen LogP contribution in [-0.4, -0.2) is 71.5 Å². The first-order valence-electron chi connectivity index (χ1n) is 16.0. The average molecular weight is 633 g/mol. The molecule has 3 rings (SSSR count). The van der Waals surface area contributed by atoms with Crippen LogP contribution >= 0.6 is 0 Å². The number of imide groups is 1. The highest BCUT2D eigenvalue weighted by atomic mass is 19.4. The van der Waals surface area contributed by atoms with E-state index in [0.29, 0.717) is 55.6 Å². The predicted molar refractivity (Wildman–Crippen MR) is 168 cm³/mol. The summed E-state index contributed by atoms with van der Waals surface area (Å²) in [5, 5.41) is 2.85. The lowest BCUT2D eigenvalue weighted by Gasteiger charge is -2.53. The standard InChI is InChI=1S/C34H47F3N4O4/c1-7-13-28(24-14-18-26(19-15-24)34(35,36)37)38-32(44)41-30(43)33(8-2,9-3)31(41)45-27-20-16-25(17-21-27)29(42)40(12-6)23-22-39(10-4)11-5/h14-21,28,31H,7-13,22-23H2,1-6H3,(H,38,44). The number of carbonyl (C=O) groups excluding carboxylic acids is 3. The fraction of sp³-hybridized carbons (Fsp3) is 0.559. The van der Waals surface area contributed by atoms with E-state index in [-0.39, 0.29) is 11.8 Å². The molecule has 0 aromatic heterocycles. The third-order valence-corrected chi connectivity index (χ3v) is 8.95. The van der Waals surface area contributed by atoms with E-state index in [1.165, 1.54) is 12.1 Å². The maximum atomic E-state index is 13.5. The van der Waals surface area contributed by atoms with Crippen molar-refractivity contribution in [2.24, 2.45) is 5.41 Å². The van der Waals surface area contributed by atoms with Gasteiger partial charge in [-0.1, -0.05) is 53.2 Å². The maximum Gasteiger partial charge on any atom is 0.416 e. The van der Waals surface area contributed by atoms with Gasteiger partial charge in [-0.25, -0.2) is 9.69 Å². The maximum absolute atomic E-state index is 13.5. The Morgan fingerprint density at radius 3 is 2.00 bits per heavy atom. The number of amides is 4. The van der Waals surface area contributed by atoms with Gasteiger partial charge in [-0.3, -0.25) is 9.59 Å². The first-order chi connectivity index (χ1) is 21.4. The van der Waals surface area contributed by atoms with Crippen molar-refractivity contribution in [1.29, 1.82) is 0 Å². The molecule has 1 aliphatic rings. The van der Waals surface area contributed by atoms with Gasteiger partial charge in [-0.15, -0.1) is 0 Å². The van der Waals surface area contributed by atoms with E-state index in [4.69, 9.17) is 4.74 Å². The molecule has 0 bridgehead atoms. The number of hydrogen-bond donors (Lipinski definition) is 1. The zero-order chi connectivity index (χ0) is 33.4. The van der Waals surface area contributed by atoms with Crippen molar-refractivity contribution in [3.63, 3.8) is 0 Å². The molecule has 4 amide bonds. The largest absolute Gasteiger partial charge is 0.469 e. The summed E-state index contributed by atoms with van der Waals surface area (Å²) >= 11 is 0. The van der Waals surface area contributed by atoms with Crippen LogP contribution in [0.1, 0.15) is 94.8 Å². The lowest BCUT2D eigenvalue weighted by Crippen LogP contribution is -2.73. The highest BCUT2D eigenvalue weighted by Gasteiger charge is 2.63. The van der Waals surface area contributed by atoms with Crippen LogP contribution in [0.4, 0.5) is 18.0 Å². The van der Waals surface area contributed by atoms with Gasteiger partial charge in [-0.2, -0.15) is 13.2 Å². The lowest BCUT2D eigenvalue weighted by atomic mass is 9.72. The van der Waals surface area contributed by atoms with Gasteiger partial charge in [0.25, 0.3) is 5.91 Å². The van der Waals surface area contributed by atoms with E-state index in [2.05, 4.69) is 24.1 Å². The molecule has 1 saturated heterocycles. The summed E-state index contributed by atoms with van der Waals surface area (Å²) in [6.45, 7) is 15.6. The third-order valence-electron chi connectivity index (χ3n) is 8.95. The van der Waals surface area contributed by atoms with E-state index in [9.17, 15) is 27.6 Å². The van der Waals surface area contributed by atoms with Crippen LogP contribution in [-0.2, 0) is 11.0 Å². The van der Waals surface area contributed by atoms with Crippen molar-refractivity contribution in [1.82, 2.24) is 20.0 Å². The van der Waals surface area contributed by atoms with Crippen molar-refractivity contribution < 1.29 is 32.3 Å². The average Bonchev–Trinajstić information content (AvgIpc) is 3.03. The molecule has 248 valence electrons. The second-order valence-electron chi connectivity index (χ2n) is 11.4. The Labute approximate surface area is 264 Å². The Kier molecular flexibility index (Phi) is 12.4. The van der Waals surface area contributed by atoms with E-state index in [1.54, 1.807) is 29.2 Å². The highest BCUT2D eigenvalue weighted by Crippen LogP contribution is 2.46. The van der Waals surface area contributed by atoms with Crippen LogP contribution in [0, 0.1) is 5.41 Å². The van der Waals surface area contributed by atoms with Crippen molar-refractivity contribution in [3.05, 3.63) is 65.2 Å². The Balaban J connectivity index is 1.77. The van der Waals surface area contributed by atoms with Crippen molar-refractivity contribution in [2.45, 2.75) is 85.7 Å². The number of urea groups is 1. The lowest BCUT2D eigenvalue weighted by molar-refractivity contribution is -0.191. The van der Waals surface area contributed by atoms with Crippen LogP contribution in [0.2, 0.25) is 0 Å². The highest BCUT2D eigenvalue weighted by molar-refractivity contribution is 6.03. The number of likely N-dealkylation sites (N-methyl/N-ethyl adjacent to an activating group) is 2. The molecular formula is C34H47F3N4O4. The van der Waals surface area contributed by atoms with Crippen LogP contribution in [0.15, 0.2) is 48.5 Å². The Hall–Kier alpha value is -3.60. The van der Waals surface area contributed by atoms with Crippen molar-refractivity contribution in [2.75, 3.05) is 32.7 Å². The zero-order valence-electron chi connectivity index (χ0n) is 27.2. The molecule has 1 heterocycles. The zero-order valence-corrected chi connectivity index (χ0v) is 27.2. The van der Waals surface area contributed by atoms with E-state index in [0.717, 1.165) is 36.7 Å². The van der Waals surface area contributed by atoms with E-state index < -0.39 is 35.5 Å². The number of benzene rings is 2. The molecule has 2 aromatic rings. The molecule has 1 fully saturated rings. The number of β-lactam (4-membered cyclic amide) rings is 1. The number of rotatable bonds is 15. The number of nitrogens with one attached hydrogen (secondary N) is 1. The van der Waals surface area contributed by atoms with E-state index >= 15 is 0 Å². The molecule has 2 aromatic carbocycles. The number of carbonyl (C=O) groups is 3. The fourth-order valence-electron chi connectivity index (χ4n) is 5.83. The number of likely N-dealkylation sites (tertiary alicyclic amines) is 1. The van der Waals surface area contributed by atoms with Crippen molar-refractivity contribution >= 4 is 17.8 Å². The molecule has 0 saturated carbocycles. The first kappa shape index (κ1) is 35.9. The van der Waals surface area contributed by atoms with Gasteiger partial charge in [0.2, 0.25) is 5.91 Å². The second kappa shape index (κ2) is 15.6. The summed E-state index contributed by atoms with van der Waals surface area (Å²) in [5.74, 6) is -0.0406. The van der Waals surface area contributed by atoms with Crippen LogP contribution < -0.4 is 10.1 Å². The molecule has 1 aliphatic heterocycles. The SMILES string of the molecule is CCCC(NC(=O)N1C(=O)C(CC)(CC)C1Oc1ccc(C(=O)N(CC)CCN(CC)CC)cc1)c1ccc(C(F)(F)F)cc1. The topological polar surface area (TPSA) is 82.2 Å². The summed E-state index contributed by atoms with van der Waals surface area (Å²) in [5.41, 5.74) is -0.660. The number of halogens is 3. The molecule has 1 N–H and O–H groups in total. The van der Waals surface area contributed by atoms with Crippen molar-refractivity contribution in [3.8, 4) is 5.75 Å². The summed E-state index contributed by atoms with van der Waals surface area (Å²) in [6, 6.07) is 10.1. The van der Waals surface area contributed by atoms with Gasteiger partial charge < -0.3 is 19.9 Å². The fourth-order valence-corrected chi connectivity index (χ4v) is 5.83. The number of alkyl halides is 3. The smallest absolute Gasteiger partial charge is 0.416 e. The quantitative estimate of drug-likeness (QED) is 0.212. The van der Waals surface area contributed by atoms with E-state index in [1.807, 2.05) is 27.7 Å². The molecule has 2 atom stereocenters. The summed E-state index contributed by atoms with van der Waals surface area (Å²) in [6.07, 6.45) is -3.34. The number of nitrogens with zero attached hydrogens (tertiary/aromatic N) is 3. The minimum atomic E-state index is -4.47. The van der Waals surface area contributed by atoms with Crippen LogP contribution in [0.3, 0.4) is 0 Å². The van der Waals surface area contributed by atoms with Gasteiger partial charge >= 0.3 is 12.2 Å². The van der Waals surface area contributed by atoms with Crippen LogP contribution in [0.5, 0.6) is 5.75 Å². The third kappa shape index (κ3) is 7.98.